The van der Waals surface area contributed by atoms with Crippen molar-refractivity contribution in [3.63, 3.8) is 0 Å². The minimum absolute atomic E-state index is 0.228. The molecule has 1 amide bonds. The number of anilines is 1. The molecule has 0 saturated carbocycles. The van der Waals surface area contributed by atoms with Gasteiger partial charge in [0.1, 0.15) is 11.6 Å². The van der Waals surface area contributed by atoms with Crippen LogP contribution < -0.4 is 4.90 Å². The lowest BCUT2D eigenvalue weighted by molar-refractivity contribution is -0.130. The van der Waals surface area contributed by atoms with Gasteiger partial charge in [-0.05, 0) is 36.5 Å². The molecule has 7 nitrogen and oxygen atoms in total. The summed E-state index contributed by atoms with van der Waals surface area (Å²) in [6, 6.07) is 20.3. The zero-order valence-corrected chi connectivity index (χ0v) is 21.2. The van der Waals surface area contributed by atoms with Crippen LogP contribution >= 0.6 is 0 Å². The highest BCUT2D eigenvalue weighted by Gasteiger charge is 2.23. The molecule has 1 aliphatic rings. The largest absolute Gasteiger partial charge is 0.354 e. The highest BCUT2D eigenvalue weighted by molar-refractivity contribution is 5.88. The van der Waals surface area contributed by atoms with E-state index in [0.29, 0.717) is 18.9 Å². The highest BCUT2D eigenvalue weighted by Crippen LogP contribution is 2.27. The summed E-state index contributed by atoms with van der Waals surface area (Å²) >= 11 is 0. The number of nitrogens with zero attached hydrogens (tertiary/aromatic N) is 6. The number of hydrogen-bond acceptors (Lipinski definition) is 5. The van der Waals surface area contributed by atoms with E-state index in [4.69, 9.17) is 9.97 Å². The molecule has 0 unspecified atom stereocenters. The molecule has 0 radical (unpaired) electrons. The molecule has 0 N–H and O–H groups in total. The second-order valence-corrected chi connectivity index (χ2v) is 9.90. The van der Waals surface area contributed by atoms with Crippen molar-refractivity contribution < 1.29 is 4.79 Å². The molecule has 5 rings (SSSR count). The standard InChI is InChI=1S/C29H34N6O/c1-22(2)20-26-31-28(25-21-30-35(29(25)32-26)24-12-7-4-8-13-24)34-17-9-16-33(18-19-34)27(36)15-14-23-10-5-3-6-11-23/h3-8,10-13,21-22H,9,14-20H2,1-2H3. The fourth-order valence-electron chi connectivity index (χ4n) is 4.83. The Labute approximate surface area is 212 Å². The molecule has 2 aromatic heterocycles. The van der Waals surface area contributed by atoms with Gasteiger partial charge in [0.15, 0.2) is 5.65 Å². The lowest BCUT2D eigenvalue weighted by Crippen LogP contribution is -2.35. The van der Waals surface area contributed by atoms with E-state index in [-0.39, 0.29) is 5.91 Å². The van der Waals surface area contributed by atoms with Gasteiger partial charge in [0.25, 0.3) is 0 Å². The molecular weight excluding hydrogens is 448 g/mol. The summed E-state index contributed by atoms with van der Waals surface area (Å²) in [7, 11) is 0. The van der Waals surface area contributed by atoms with Gasteiger partial charge in [0.05, 0.1) is 17.3 Å². The van der Waals surface area contributed by atoms with Crippen LogP contribution in [0.15, 0.2) is 66.9 Å². The summed E-state index contributed by atoms with van der Waals surface area (Å²) in [5.74, 6) is 2.44. The second-order valence-electron chi connectivity index (χ2n) is 9.90. The maximum atomic E-state index is 13.0. The third-order valence-electron chi connectivity index (χ3n) is 6.66. The van der Waals surface area contributed by atoms with Crippen molar-refractivity contribution >= 4 is 22.8 Å². The summed E-state index contributed by atoms with van der Waals surface area (Å²) in [6.45, 7) is 7.46. The van der Waals surface area contributed by atoms with Crippen molar-refractivity contribution in [3.05, 3.63) is 78.2 Å². The number of aromatic nitrogens is 4. The van der Waals surface area contributed by atoms with E-state index in [1.54, 1.807) is 0 Å². The molecule has 2 aromatic carbocycles. The number of carbonyl (C=O) groups is 1. The normalized spacial score (nSPS) is 14.4. The smallest absolute Gasteiger partial charge is 0.222 e. The van der Waals surface area contributed by atoms with Gasteiger partial charge in [0.2, 0.25) is 5.91 Å². The van der Waals surface area contributed by atoms with E-state index in [1.807, 2.05) is 64.3 Å². The Morgan fingerprint density at radius 1 is 0.917 bits per heavy atom. The molecule has 1 fully saturated rings. The summed E-state index contributed by atoms with van der Waals surface area (Å²) in [5, 5.41) is 5.64. The average Bonchev–Trinajstić information content (AvgIpc) is 3.16. The number of carbonyl (C=O) groups excluding carboxylic acids is 1. The first-order valence-electron chi connectivity index (χ1n) is 12.9. The third kappa shape index (κ3) is 5.40. The van der Waals surface area contributed by atoms with Crippen LogP contribution in [0, 0.1) is 5.92 Å². The monoisotopic (exact) mass is 482 g/mol. The topological polar surface area (TPSA) is 67.2 Å². The Kier molecular flexibility index (Phi) is 7.26. The van der Waals surface area contributed by atoms with Crippen molar-refractivity contribution in [2.75, 3.05) is 31.1 Å². The minimum atomic E-state index is 0.228. The van der Waals surface area contributed by atoms with Crippen LogP contribution in [0.4, 0.5) is 5.82 Å². The van der Waals surface area contributed by atoms with E-state index < -0.39 is 0 Å². The number of aryl methyl sites for hydroxylation is 1. The molecule has 36 heavy (non-hydrogen) atoms. The maximum Gasteiger partial charge on any atom is 0.222 e. The fourth-order valence-corrected chi connectivity index (χ4v) is 4.83. The quantitative estimate of drug-likeness (QED) is 0.382. The molecule has 4 aromatic rings. The van der Waals surface area contributed by atoms with Gasteiger partial charge in [0, 0.05) is 39.0 Å². The van der Waals surface area contributed by atoms with Gasteiger partial charge >= 0.3 is 0 Å². The first-order valence-corrected chi connectivity index (χ1v) is 12.9. The van der Waals surface area contributed by atoms with Crippen LogP contribution in [0.5, 0.6) is 0 Å². The SMILES string of the molecule is CC(C)Cc1nc(N2CCCN(C(=O)CCc3ccccc3)CC2)c2cnn(-c3ccccc3)c2n1. The predicted molar refractivity (Wildman–Crippen MR) is 143 cm³/mol. The van der Waals surface area contributed by atoms with Gasteiger partial charge < -0.3 is 9.80 Å². The van der Waals surface area contributed by atoms with Crippen LogP contribution in [0.2, 0.25) is 0 Å². The lowest BCUT2D eigenvalue weighted by Gasteiger charge is -2.24. The first kappa shape index (κ1) is 24.0. The van der Waals surface area contributed by atoms with Crippen molar-refractivity contribution in [2.45, 2.75) is 39.5 Å². The molecule has 3 heterocycles. The van der Waals surface area contributed by atoms with Gasteiger partial charge in [-0.25, -0.2) is 14.6 Å². The first-order chi connectivity index (χ1) is 17.6. The Hall–Kier alpha value is -3.74. The van der Waals surface area contributed by atoms with Gasteiger partial charge in [-0.2, -0.15) is 5.10 Å². The van der Waals surface area contributed by atoms with E-state index in [2.05, 4.69) is 36.0 Å². The molecular formula is C29H34N6O. The van der Waals surface area contributed by atoms with Crippen molar-refractivity contribution in [1.29, 1.82) is 0 Å². The van der Waals surface area contributed by atoms with E-state index in [1.165, 1.54) is 5.56 Å². The van der Waals surface area contributed by atoms with Crippen LogP contribution in [0.1, 0.15) is 38.1 Å². The summed E-state index contributed by atoms with van der Waals surface area (Å²) in [6.07, 6.45) is 4.92. The van der Waals surface area contributed by atoms with E-state index in [9.17, 15) is 4.79 Å². The Bertz CT molecular complexity index is 1300. The molecule has 0 spiro atoms. The summed E-state index contributed by atoms with van der Waals surface area (Å²) in [5.41, 5.74) is 3.03. The van der Waals surface area contributed by atoms with Crippen LogP contribution in [0.3, 0.4) is 0 Å². The number of benzene rings is 2. The zero-order chi connectivity index (χ0) is 24.9. The Balaban J connectivity index is 1.37. The molecule has 0 aliphatic carbocycles. The summed E-state index contributed by atoms with van der Waals surface area (Å²) < 4.78 is 1.90. The molecule has 1 aliphatic heterocycles. The van der Waals surface area contributed by atoms with Crippen LogP contribution in [0.25, 0.3) is 16.7 Å². The average molecular weight is 483 g/mol. The highest BCUT2D eigenvalue weighted by atomic mass is 16.2. The number of para-hydroxylation sites is 1. The number of fused-ring (bicyclic) bond motifs is 1. The van der Waals surface area contributed by atoms with Crippen molar-refractivity contribution in [3.8, 4) is 5.69 Å². The lowest BCUT2D eigenvalue weighted by atomic mass is 10.1. The maximum absolute atomic E-state index is 13.0. The van der Waals surface area contributed by atoms with Crippen LogP contribution in [-0.2, 0) is 17.6 Å². The van der Waals surface area contributed by atoms with E-state index in [0.717, 1.165) is 67.3 Å². The number of rotatable bonds is 7. The number of amides is 1. The van der Waals surface area contributed by atoms with Crippen LogP contribution in [-0.4, -0.2) is 56.7 Å². The molecule has 1 saturated heterocycles. The molecule has 0 bridgehead atoms. The summed E-state index contributed by atoms with van der Waals surface area (Å²) in [4.78, 5) is 27.3. The molecule has 7 heteroatoms. The Morgan fingerprint density at radius 3 is 2.42 bits per heavy atom. The molecule has 186 valence electrons. The second kappa shape index (κ2) is 10.9. The van der Waals surface area contributed by atoms with Crippen molar-refractivity contribution in [1.82, 2.24) is 24.6 Å². The number of hydrogen-bond donors (Lipinski definition) is 0. The predicted octanol–water partition coefficient (Wildman–Crippen LogP) is 4.69. The minimum Gasteiger partial charge on any atom is -0.354 e. The van der Waals surface area contributed by atoms with E-state index >= 15 is 0 Å². The van der Waals surface area contributed by atoms with Gasteiger partial charge in [-0.1, -0.05) is 62.4 Å². The third-order valence-corrected chi connectivity index (χ3v) is 6.66. The fraction of sp³-hybridized carbons (Fsp3) is 0.379. The molecule has 0 atom stereocenters. The van der Waals surface area contributed by atoms with Crippen molar-refractivity contribution in [2.24, 2.45) is 5.92 Å². The van der Waals surface area contributed by atoms with Gasteiger partial charge in [-0.15, -0.1) is 0 Å². The van der Waals surface area contributed by atoms with Gasteiger partial charge in [-0.3, -0.25) is 4.79 Å². The zero-order valence-electron chi connectivity index (χ0n) is 21.2. The Morgan fingerprint density at radius 2 is 1.67 bits per heavy atom.